The van der Waals surface area contributed by atoms with Crippen molar-refractivity contribution in [1.82, 2.24) is 4.57 Å². The second-order valence-corrected chi connectivity index (χ2v) is 5.78. The molecule has 1 N–H and O–H groups in total. The first-order valence-corrected chi connectivity index (χ1v) is 8.08. The minimum atomic E-state index is -0.392. The molecule has 0 fully saturated rings. The summed E-state index contributed by atoms with van der Waals surface area (Å²) in [5.41, 5.74) is 3.05. The first-order valence-electron chi connectivity index (χ1n) is 8.08. The minimum absolute atomic E-state index is 0.0627. The number of anilines is 1. The SMILES string of the molecule is CCOC(=O)c1cc(C)n(CC(=O)Nc2cccc(C(C)=O)c2)c1C. The van der Waals surface area contributed by atoms with Gasteiger partial charge >= 0.3 is 5.97 Å². The van der Waals surface area contributed by atoms with Gasteiger partial charge in [0.15, 0.2) is 5.78 Å². The Morgan fingerprint density at radius 1 is 1.16 bits per heavy atom. The van der Waals surface area contributed by atoms with E-state index in [0.29, 0.717) is 29.1 Å². The van der Waals surface area contributed by atoms with Crippen molar-refractivity contribution in [2.24, 2.45) is 0 Å². The molecule has 0 bridgehead atoms. The van der Waals surface area contributed by atoms with E-state index >= 15 is 0 Å². The van der Waals surface area contributed by atoms with Gasteiger partial charge in [0.05, 0.1) is 12.2 Å². The van der Waals surface area contributed by atoms with Crippen LogP contribution < -0.4 is 5.32 Å². The molecule has 0 aliphatic rings. The first kappa shape index (κ1) is 18.4. The van der Waals surface area contributed by atoms with Crippen LogP contribution in [-0.2, 0) is 16.1 Å². The van der Waals surface area contributed by atoms with Crippen molar-refractivity contribution in [2.75, 3.05) is 11.9 Å². The number of carbonyl (C=O) groups is 3. The molecule has 6 nitrogen and oxygen atoms in total. The molecule has 1 amide bonds. The molecule has 0 saturated heterocycles. The lowest BCUT2D eigenvalue weighted by Crippen LogP contribution is -2.20. The van der Waals surface area contributed by atoms with Crippen molar-refractivity contribution in [1.29, 1.82) is 0 Å². The van der Waals surface area contributed by atoms with Crippen LogP contribution in [0.25, 0.3) is 0 Å². The number of hydrogen-bond acceptors (Lipinski definition) is 4. The molecule has 6 heteroatoms. The van der Waals surface area contributed by atoms with E-state index in [9.17, 15) is 14.4 Å². The Kier molecular flexibility index (Phi) is 5.75. The van der Waals surface area contributed by atoms with E-state index in [4.69, 9.17) is 4.74 Å². The fourth-order valence-corrected chi connectivity index (χ4v) is 2.62. The van der Waals surface area contributed by atoms with Crippen molar-refractivity contribution in [2.45, 2.75) is 34.2 Å². The molecule has 0 unspecified atom stereocenters. The van der Waals surface area contributed by atoms with Crippen LogP contribution in [-0.4, -0.2) is 28.8 Å². The number of amides is 1. The molecule has 0 spiro atoms. The standard InChI is InChI=1S/C19H22N2O4/c1-5-25-19(24)17-9-12(2)21(13(17)3)11-18(23)20-16-8-6-7-15(10-16)14(4)22/h6-10H,5,11H2,1-4H3,(H,20,23). The predicted molar refractivity (Wildman–Crippen MR) is 94.9 cm³/mol. The minimum Gasteiger partial charge on any atom is -0.462 e. The Balaban J connectivity index is 2.14. The van der Waals surface area contributed by atoms with E-state index in [1.807, 2.05) is 6.92 Å². The number of ketones is 1. The van der Waals surface area contributed by atoms with Crippen LogP contribution in [0.2, 0.25) is 0 Å². The van der Waals surface area contributed by atoms with E-state index < -0.39 is 5.97 Å². The van der Waals surface area contributed by atoms with Gasteiger partial charge in [-0.25, -0.2) is 4.79 Å². The van der Waals surface area contributed by atoms with Crippen molar-refractivity contribution >= 4 is 23.3 Å². The molecule has 2 rings (SSSR count). The zero-order valence-electron chi connectivity index (χ0n) is 14.9. The predicted octanol–water partition coefficient (Wildman–Crippen LogP) is 3.12. The highest BCUT2D eigenvalue weighted by Crippen LogP contribution is 2.17. The van der Waals surface area contributed by atoms with E-state index in [1.54, 1.807) is 48.7 Å². The molecule has 132 valence electrons. The van der Waals surface area contributed by atoms with E-state index in [0.717, 1.165) is 5.69 Å². The van der Waals surface area contributed by atoms with Crippen LogP contribution in [0, 0.1) is 13.8 Å². The molecule has 0 aliphatic heterocycles. The van der Waals surface area contributed by atoms with Crippen molar-refractivity contribution in [3.8, 4) is 0 Å². The third kappa shape index (κ3) is 4.35. The molecule has 0 atom stereocenters. The van der Waals surface area contributed by atoms with Crippen molar-refractivity contribution in [3.63, 3.8) is 0 Å². The number of hydrogen-bond donors (Lipinski definition) is 1. The molecule has 0 aliphatic carbocycles. The number of ether oxygens (including phenoxy) is 1. The number of rotatable bonds is 6. The Hall–Kier alpha value is -2.89. The maximum atomic E-state index is 12.3. The molecular weight excluding hydrogens is 320 g/mol. The van der Waals surface area contributed by atoms with E-state index in [1.165, 1.54) is 6.92 Å². The van der Waals surface area contributed by atoms with Gasteiger partial charge in [0.2, 0.25) is 5.91 Å². The molecule has 1 aromatic heterocycles. The fraction of sp³-hybridized carbons (Fsp3) is 0.316. The number of aromatic nitrogens is 1. The van der Waals surface area contributed by atoms with Gasteiger partial charge in [-0.3, -0.25) is 9.59 Å². The quantitative estimate of drug-likeness (QED) is 0.646. The zero-order chi connectivity index (χ0) is 18.6. The summed E-state index contributed by atoms with van der Waals surface area (Å²) in [5.74, 6) is -0.693. The number of benzene rings is 1. The molecule has 1 heterocycles. The summed E-state index contributed by atoms with van der Waals surface area (Å²) in [6.07, 6.45) is 0. The Morgan fingerprint density at radius 3 is 2.52 bits per heavy atom. The summed E-state index contributed by atoms with van der Waals surface area (Å²) in [7, 11) is 0. The molecule has 0 radical (unpaired) electrons. The lowest BCUT2D eigenvalue weighted by Gasteiger charge is -2.11. The lowest BCUT2D eigenvalue weighted by atomic mass is 10.1. The van der Waals surface area contributed by atoms with Gasteiger partial charge in [0.1, 0.15) is 6.54 Å². The average Bonchev–Trinajstić information content (AvgIpc) is 2.83. The summed E-state index contributed by atoms with van der Waals surface area (Å²) in [6.45, 7) is 7.21. The van der Waals surface area contributed by atoms with Gasteiger partial charge in [-0.15, -0.1) is 0 Å². The van der Waals surface area contributed by atoms with Crippen LogP contribution in [0.5, 0.6) is 0 Å². The normalized spacial score (nSPS) is 10.4. The Bertz CT molecular complexity index is 821. The van der Waals surface area contributed by atoms with Gasteiger partial charge in [-0.05, 0) is 45.9 Å². The van der Waals surface area contributed by atoms with Crippen LogP contribution in [0.15, 0.2) is 30.3 Å². The molecule has 0 saturated carbocycles. The maximum absolute atomic E-state index is 12.3. The van der Waals surface area contributed by atoms with E-state index in [2.05, 4.69) is 5.32 Å². The van der Waals surface area contributed by atoms with Gasteiger partial charge in [0, 0.05) is 22.6 Å². The topological polar surface area (TPSA) is 77.4 Å². The molecular formula is C19H22N2O4. The highest BCUT2D eigenvalue weighted by atomic mass is 16.5. The first-order chi connectivity index (χ1) is 11.8. The second kappa shape index (κ2) is 7.79. The van der Waals surface area contributed by atoms with Crippen LogP contribution in [0.1, 0.15) is 46.0 Å². The summed E-state index contributed by atoms with van der Waals surface area (Å²) in [5, 5.41) is 2.78. The lowest BCUT2D eigenvalue weighted by molar-refractivity contribution is -0.116. The smallest absolute Gasteiger partial charge is 0.339 e. The highest BCUT2D eigenvalue weighted by Gasteiger charge is 2.18. The van der Waals surface area contributed by atoms with Gasteiger partial charge in [-0.1, -0.05) is 12.1 Å². The van der Waals surface area contributed by atoms with Gasteiger partial charge < -0.3 is 14.6 Å². The molecule has 25 heavy (non-hydrogen) atoms. The Morgan fingerprint density at radius 2 is 1.88 bits per heavy atom. The number of nitrogens with one attached hydrogen (secondary N) is 1. The van der Waals surface area contributed by atoms with Gasteiger partial charge in [-0.2, -0.15) is 0 Å². The third-order valence-electron chi connectivity index (χ3n) is 3.92. The number of carbonyl (C=O) groups excluding carboxylic acids is 3. The number of Topliss-reactive ketones (excluding diaryl/α,β-unsaturated/α-hetero) is 1. The van der Waals surface area contributed by atoms with Crippen molar-refractivity contribution < 1.29 is 19.1 Å². The van der Waals surface area contributed by atoms with E-state index in [-0.39, 0.29) is 18.2 Å². The maximum Gasteiger partial charge on any atom is 0.339 e. The summed E-state index contributed by atoms with van der Waals surface area (Å²) >= 11 is 0. The Labute approximate surface area is 146 Å². The van der Waals surface area contributed by atoms with Gasteiger partial charge in [0.25, 0.3) is 0 Å². The number of nitrogens with zero attached hydrogens (tertiary/aromatic N) is 1. The zero-order valence-corrected chi connectivity index (χ0v) is 14.9. The van der Waals surface area contributed by atoms with Crippen LogP contribution in [0.4, 0.5) is 5.69 Å². The molecule has 1 aromatic carbocycles. The third-order valence-corrected chi connectivity index (χ3v) is 3.92. The highest BCUT2D eigenvalue weighted by molar-refractivity contribution is 5.97. The monoisotopic (exact) mass is 342 g/mol. The summed E-state index contributed by atoms with van der Waals surface area (Å²) < 4.78 is 6.79. The second-order valence-electron chi connectivity index (χ2n) is 5.78. The number of esters is 1. The van der Waals surface area contributed by atoms with Crippen LogP contribution >= 0.6 is 0 Å². The number of aryl methyl sites for hydroxylation is 1. The summed E-state index contributed by atoms with van der Waals surface area (Å²) in [4.78, 5) is 35.7. The summed E-state index contributed by atoms with van der Waals surface area (Å²) in [6, 6.07) is 8.50. The molecule has 2 aromatic rings. The van der Waals surface area contributed by atoms with Crippen LogP contribution in [0.3, 0.4) is 0 Å². The largest absolute Gasteiger partial charge is 0.462 e. The average molecular weight is 342 g/mol. The van der Waals surface area contributed by atoms with Crippen molar-refractivity contribution in [3.05, 3.63) is 52.8 Å². The fourth-order valence-electron chi connectivity index (χ4n) is 2.62.